The molecule has 0 aliphatic heterocycles. The molecular weight excluding hydrogens is 132 g/mol. The van der Waals surface area contributed by atoms with Gasteiger partial charge in [0.1, 0.15) is 0 Å². The molecule has 0 unspecified atom stereocenters. The zero-order valence-electron chi connectivity index (χ0n) is 6.13. The molecule has 1 fully saturated rings. The minimum Gasteiger partial charge on any atom is -0.469 e. The van der Waals surface area contributed by atoms with Crippen molar-refractivity contribution in [1.82, 2.24) is 0 Å². The minimum atomic E-state index is -0.194. The van der Waals surface area contributed by atoms with E-state index in [4.69, 9.17) is 4.74 Å². The molecule has 58 valence electrons. The molecule has 0 radical (unpaired) electrons. The lowest BCUT2D eigenvalue weighted by atomic mass is 10.5. The van der Waals surface area contributed by atoms with Crippen molar-refractivity contribution in [2.45, 2.75) is 25.4 Å². The van der Waals surface area contributed by atoms with Crippen molar-refractivity contribution in [1.29, 1.82) is 0 Å². The van der Waals surface area contributed by atoms with Gasteiger partial charge in [-0.1, -0.05) is 0 Å². The molecule has 3 heteroatoms. The maximum Gasteiger partial charge on any atom is 0.307 e. The van der Waals surface area contributed by atoms with Crippen LogP contribution >= 0.6 is 0 Å². The molecule has 1 saturated carbocycles. The van der Waals surface area contributed by atoms with Gasteiger partial charge in [0.25, 0.3) is 0 Å². The van der Waals surface area contributed by atoms with Crippen LogP contribution in [-0.4, -0.2) is 25.8 Å². The molecule has 3 nitrogen and oxygen atoms in total. The molecule has 0 aromatic rings. The van der Waals surface area contributed by atoms with Crippen LogP contribution in [0, 0.1) is 0 Å². The number of rotatable bonds is 4. The SMILES string of the molecule is COC(=O)CCOC1CC1. The van der Waals surface area contributed by atoms with Crippen LogP contribution in [-0.2, 0) is 14.3 Å². The van der Waals surface area contributed by atoms with Gasteiger partial charge in [-0.2, -0.15) is 0 Å². The zero-order chi connectivity index (χ0) is 7.40. The normalized spacial score (nSPS) is 16.9. The lowest BCUT2D eigenvalue weighted by Gasteiger charge is -1.99. The summed E-state index contributed by atoms with van der Waals surface area (Å²) < 4.78 is 9.66. The van der Waals surface area contributed by atoms with E-state index in [9.17, 15) is 4.79 Å². The van der Waals surface area contributed by atoms with Crippen molar-refractivity contribution >= 4 is 5.97 Å². The highest BCUT2D eigenvalue weighted by Crippen LogP contribution is 2.23. The van der Waals surface area contributed by atoms with E-state index in [1.54, 1.807) is 0 Å². The summed E-state index contributed by atoms with van der Waals surface area (Å²) in [6.07, 6.45) is 3.12. The average Bonchev–Trinajstić information content (AvgIpc) is 2.71. The standard InChI is InChI=1S/C7H12O3/c1-9-7(8)4-5-10-6-2-3-6/h6H,2-5H2,1H3. The van der Waals surface area contributed by atoms with E-state index in [2.05, 4.69) is 4.74 Å². The van der Waals surface area contributed by atoms with Gasteiger partial charge in [-0.3, -0.25) is 4.79 Å². The molecule has 0 heterocycles. The quantitative estimate of drug-likeness (QED) is 0.545. The molecule has 0 aromatic heterocycles. The predicted octanol–water partition coefficient (Wildman–Crippen LogP) is 0.728. The monoisotopic (exact) mass is 144 g/mol. The third kappa shape index (κ3) is 2.82. The second-order valence-electron chi connectivity index (χ2n) is 2.40. The van der Waals surface area contributed by atoms with Crippen LogP contribution in [0.25, 0.3) is 0 Å². The number of carbonyl (C=O) groups is 1. The smallest absolute Gasteiger partial charge is 0.307 e. The first-order valence-corrected chi connectivity index (χ1v) is 3.51. The Balaban J connectivity index is 1.88. The van der Waals surface area contributed by atoms with Crippen LogP contribution in [0.3, 0.4) is 0 Å². The molecule has 0 aromatic carbocycles. The minimum absolute atomic E-state index is 0.194. The molecule has 0 bridgehead atoms. The van der Waals surface area contributed by atoms with Crippen LogP contribution in [0.5, 0.6) is 0 Å². The Hall–Kier alpha value is -0.570. The van der Waals surface area contributed by atoms with E-state index in [0.717, 1.165) is 12.8 Å². The van der Waals surface area contributed by atoms with Crippen LogP contribution in [0.15, 0.2) is 0 Å². The molecule has 1 aliphatic carbocycles. The van der Waals surface area contributed by atoms with E-state index >= 15 is 0 Å². The third-order valence-electron chi connectivity index (χ3n) is 1.41. The van der Waals surface area contributed by atoms with Crippen molar-refractivity contribution in [2.24, 2.45) is 0 Å². The van der Waals surface area contributed by atoms with Gasteiger partial charge in [0, 0.05) is 0 Å². The highest BCUT2D eigenvalue weighted by Gasteiger charge is 2.21. The van der Waals surface area contributed by atoms with Crippen LogP contribution in [0.2, 0.25) is 0 Å². The highest BCUT2D eigenvalue weighted by atomic mass is 16.5. The van der Waals surface area contributed by atoms with Crippen LogP contribution in [0.1, 0.15) is 19.3 Å². The summed E-state index contributed by atoms with van der Waals surface area (Å²) in [6.45, 7) is 0.511. The van der Waals surface area contributed by atoms with Gasteiger partial charge in [0.05, 0.1) is 26.2 Å². The van der Waals surface area contributed by atoms with Crippen molar-refractivity contribution in [3.63, 3.8) is 0 Å². The Bertz CT molecular complexity index is 118. The second kappa shape index (κ2) is 3.56. The van der Waals surface area contributed by atoms with Crippen molar-refractivity contribution < 1.29 is 14.3 Å². The molecule has 1 aliphatic rings. The van der Waals surface area contributed by atoms with E-state index in [1.165, 1.54) is 7.11 Å². The Morgan fingerprint density at radius 1 is 1.60 bits per heavy atom. The largest absolute Gasteiger partial charge is 0.469 e. The molecule has 0 spiro atoms. The first-order valence-electron chi connectivity index (χ1n) is 3.51. The summed E-state index contributed by atoms with van der Waals surface area (Å²) in [5.41, 5.74) is 0. The fourth-order valence-electron chi connectivity index (χ4n) is 0.646. The fraction of sp³-hybridized carbons (Fsp3) is 0.857. The lowest BCUT2D eigenvalue weighted by molar-refractivity contribution is -0.141. The molecular formula is C7H12O3. The van der Waals surface area contributed by atoms with Crippen molar-refractivity contribution in [3.8, 4) is 0 Å². The highest BCUT2D eigenvalue weighted by molar-refractivity contribution is 5.69. The number of methoxy groups -OCH3 is 1. The van der Waals surface area contributed by atoms with Gasteiger partial charge in [-0.15, -0.1) is 0 Å². The molecule has 10 heavy (non-hydrogen) atoms. The number of hydrogen-bond acceptors (Lipinski definition) is 3. The Labute approximate surface area is 60.3 Å². The molecule has 1 rings (SSSR count). The number of ether oxygens (including phenoxy) is 2. The van der Waals surface area contributed by atoms with Gasteiger partial charge in [-0.05, 0) is 12.8 Å². The van der Waals surface area contributed by atoms with Gasteiger partial charge in [-0.25, -0.2) is 0 Å². The van der Waals surface area contributed by atoms with Crippen molar-refractivity contribution in [2.75, 3.05) is 13.7 Å². The van der Waals surface area contributed by atoms with Crippen LogP contribution in [0.4, 0.5) is 0 Å². The van der Waals surface area contributed by atoms with Gasteiger partial charge < -0.3 is 9.47 Å². The fourth-order valence-corrected chi connectivity index (χ4v) is 0.646. The van der Waals surface area contributed by atoms with E-state index in [1.807, 2.05) is 0 Å². The summed E-state index contributed by atoms with van der Waals surface area (Å²) >= 11 is 0. The lowest BCUT2D eigenvalue weighted by Crippen LogP contribution is -2.06. The Morgan fingerprint density at radius 3 is 2.80 bits per heavy atom. The van der Waals surface area contributed by atoms with E-state index < -0.39 is 0 Å². The summed E-state index contributed by atoms with van der Waals surface area (Å²) in [7, 11) is 1.39. The molecule has 0 atom stereocenters. The molecule has 0 saturated heterocycles. The first kappa shape index (κ1) is 7.54. The Kier molecular flexibility index (Phi) is 2.68. The van der Waals surface area contributed by atoms with E-state index in [0.29, 0.717) is 19.1 Å². The van der Waals surface area contributed by atoms with Gasteiger partial charge >= 0.3 is 5.97 Å². The first-order chi connectivity index (χ1) is 4.83. The Morgan fingerprint density at radius 2 is 2.30 bits per heavy atom. The van der Waals surface area contributed by atoms with Gasteiger partial charge in [0.2, 0.25) is 0 Å². The summed E-state index contributed by atoms with van der Waals surface area (Å²) in [5, 5.41) is 0. The predicted molar refractivity (Wildman–Crippen MR) is 35.6 cm³/mol. The topological polar surface area (TPSA) is 35.5 Å². The number of carbonyl (C=O) groups excluding carboxylic acids is 1. The molecule has 0 N–H and O–H groups in total. The summed E-state index contributed by atoms with van der Waals surface area (Å²) in [5.74, 6) is -0.194. The van der Waals surface area contributed by atoms with E-state index in [-0.39, 0.29) is 5.97 Å². The molecule has 0 amide bonds. The van der Waals surface area contributed by atoms with Crippen molar-refractivity contribution in [3.05, 3.63) is 0 Å². The van der Waals surface area contributed by atoms with Crippen LogP contribution < -0.4 is 0 Å². The van der Waals surface area contributed by atoms with Gasteiger partial charge in [0.15, 0.2) is 0 Å². The third-order valence-corrected chi connectivity index (χ3v) is 1.41. The zero-order valence-corrected chi connectivity index (χ0v) is 6.13. The number of esters is 1. The average molecular weight is 144 g/mol. The number of hydrogen-bond donors (Lipinski definition) is 0. The maximum atomic E-state index is 10.5. The summed E-state index contributed by atoms with van der Waals surface area (Å²) in [6, 6.07) is 0. The second-order valence-corrected chi connectivity index (χ2v) is 2.40. The maximum absolute atomic E-state index is 10.5. The summed E-state index contributed by atoms with van der Waals surface area (Å²) in [4.78, 5) is 10.5.